The number of carbonyl (C=O) groups excluding carboxylic acids is 3. The second-order valence-electron chi connectivity index (χ2n) is 9.01. The molecule has 2 atom stereocenters. The molecule has 3 aliphatic heterocycles. The van der Waals surface area contributed by atoms with E-state index in [1.807, 2.05) is 12.1 Å². The minimum atomic E-state index is -0.553. The van der Waals surface area contributed by atoms with Crippen molar-refractivity contribution in [3.8, 4) is 0 Å². The van der Waals surface area contributed by atoms with Crippen molar-refractivity contribution in [2.75, 3.05) is 13.1 Å². The van der Waals surface area contributed by atoms with Crippen molar-refractivity contribution in [1.82, 2.24) is 20.9 Å². The van der Waals surface area contributed by atoms with Crippen LogP contribution in [-0.4, -0.2) is 47.8 Å². The predicted octanol–water partition coefficient (Wildman–Crippen LogP) is 1.07. The Morgan fingerprint density at radius 1 is 1.17 bits per heavy atom. The number of hydrogen-bond acceptors (Lipinski definition) is 5. The Morgan fingerprint density at radius 3 is 2.79 bits per heavy atom. The molecule has 1 spiro atoms. The van der Waals surface area contributed by atoms with Crippen molar-refractivity contribution < 1.29 is 14.4 Å². The number of hydrogen-bond donors (Lipinski definition) is 3. The van der Waals surface area contributed by atoms with Gasteiger partial charge in [-0.25, -0.2) is 0 Å². The lowest BCUT2D eigenvalue weighted by atomic mass is 9.62. The monoisotopic (exact) mass is 396 g/mol. The topological polar surface area (TPSA) is 90.5 Å². The Kier molecular flexibility index (Phi) is 4.67. The second kappa shape index (κ2) is 7.22. The minimum absolute atomic E-state index is 0.110. The molecule has 1 aromatic rings. The molecule has 3 N–H and O–H groups in total. The van der Waals surface area contributed by atoms with E-state index in [-0.39, 0.29) is 24.1 Å². The summed E-state index contributed by atoms with van der Waals surface area (Å²) in [7, 11) is 0. The van der Waals surface area contributed by atoms with Crippen LogP contribution in [0.5, 0.6) is 0 Å². The number of nitrogens with one attached hydrogen (secondary N) is 3. The molecule has 0 aromatic heterocycles. The fourth-order valence-corrected chi connectivity index (χ4v) is 5.47. The smallest absolute Gasteiger partial charge is 0.255 e. The van der Waals surface area contributed by atoms with Gasteiger partial charge in [-0.3, -0.25) is 19.7 Å². The average molecular weight is 396 g/mol. The summed E-state index contributed by atoms with van der Waals surface area (Å²) in [4.78, 5) is 38.0. The van der Waals surface area contributed by atoms with Crippen molar-refractivity contribution in [3.63, 3.8) is 0 Å². The third-order valence-electron chi connectivity index (χ3n) is 7.32. The molecular formula is C22H28N4O3. The van der Waals surface area contributed by atoms with Crippen LogP contribution in [0.2, 0.25) is 0 Å². The molecule has 7 heteroatoms. The Hall–Kier alpha value is -2.25. The third-order valence-corrected chi connectivity index (χ3v) is 7.32. The van der Waals surface area contributed by atoms with Crippen LogP contribution in [0.15, 0.2) is 18.2 Å². The van der Waals surface area contributed by atoms with Gasteiger partial charge in [-0.05, 0) is 54.8 Å². The molecule has 0 bridgehead atoms. The molecule has 5 rings (SSSR count). The molecule has 7 nitrogen and oxygen atoms in total. The first-order valence-corrected chi connectivity index (χ1v) is 10.8. The number of nitrogens with zero attached hydrogens (tertiary/aromatic N) is 1. The van der Waals surface area contributed by atoms with Gasteiger partial charge in [-0.1, -0.05) is 18.6 Å². The highest BCUT2D eigenvalue weighted by molar-refractivity contribution is 6.05. The molecular weight excluding hydrogens is 368 g/mol. The Morgan fingerprint density at radius 2 is 2.03 bits per heavy atom. The van der Waals surface area contributed by atoms with E-state index in [9.17, 15) is 14.4 Å². The van der Waals surface area contributed by atoms with Gasteiger partial charge in [-0.2, -0.15) is 0 Å². The van der Waals surface area contributed by atoms with Gasteiger partial charge in [0.25, 0.3) is 5.91 Å². The number of carbonyl (C=O) groups is 3. The SMILES string of the molecule is O=C1CCC(N2Cc3cc(CNC4CCNCC45CCC5)ccc3C2=O)C(=O)N1. The molecule has 3 heterocycles. The molecule has 0 radical (unpaired) electrons. The summed E-state index contributed by atoms with van der Waals surface area (Å²) in [5, 5.41) is 9.68. The molecule has 1 saturated carbocycles. The summed E-state index contributed by atoms with van der Waals surface area (Å²) in [6.45, 7) is 3.42. The van der Waals surface area contributed by atoms with Crippen molar-refractivity contribution in [2.45, 2.75) is 63.7 Å². The van der Waals surface area contributed by atoms with Crippen LogP contribution in [0.25, 0.3) is 0 Å². The zero-order chi connectivity index (χ0) is 20.0. The molecule has 1 aromatic carbocycles. The first kappa shape index (κ1) is 18.8. The lowest BCUT2D eigenvalue weighted by Gasteiger charge is -2.51. The quantitative estimate of drug-likeness (QED) is 0.663. The minimum Gasteiger partial charge on any atom is -0.322 e. The number of fused-ring (bicyclic) bond motifs is 1. The van der Waals surface area contributed by atoms with E-state index < -0.39 is 6.04 Å². The van der Waals surface area contributed by atoms with Crippen LogP contribution >= 0.6 is 0 Å². The maximum Gasteiger partial charge on any atom is 0.255 e. The summed E-state index contributed by atoms with van der Waals surface area (Å²) in [6, 6.07) is 6.00. The first-order valence-electron chi connectivity index (χ1n) is 10.8. The Labute approximate surface area is 170 Å². The van der Waals surface area contributed by atoms with Crippen LogP contribution < -0.4 is 16.0 Å². The van der Waals surface area contributed by atoms with E-state index >= 15 is 0 Å². The van der Waals surface area contributed by atoms with Crippen LogP contribution in [0.1, 0.15) is 60.0 Å². The zero-order valence-electron chi connectivity index (χ0n) is 16.6. The van der Waals surface area contributed by atoms with Gasteiger partial charge in [0.15, 0.2) is 0 Å². The summed E-state index contributed by atoms with van der Waals surface area (Å²) >= 11 is 0. The van der Waals surface area contributed by atoms with E-state index in [0.29, 0.717) is 30.0 Å². The standard InChI is InChI=1S/C22H28N4O3/c27-19-5-4-17(20(28)25-19)26-12-15-10-14(2-3-16(15)21(26)29)11-24-18-6-9-23-13-22(18)7-1-8-22/h2-3,10,17-18,23-24H,1,4-9,11-13H2,(H,25,27,28). The average Bonchev–Trinajstić information content (AvgIpc) is 3.01. The third kappa shape index (κ3) is 3.26. The number of rotatable bonds is 4. The second-order valence-corrected chi connectivity index (χ2v) is 9.01. The normalized spacial score (nSPS) is 28.3. The summed E-state index contributed by atoms with van der Waals surface area (Å²) in [5.41, 5.74) is 3.25. The maximum absolute atomic E-state index is 12.8. The van der Waals surface area contributed by atoms with Gasteiger partial charge in [0.05, 0.1) is 0 Å². The van der Waals surface area contributed by atoms with Gasteiger partial charge >= 0.3 is 0 Å². The van der Waals surface area contributed by atoms with E-state index in [1.54, 1.807) is 4.90 Å². The van der Waals surface area contributed by atoms with Gasteiger partial charge in [0, 0.05) is 37.7 Å². The fourth-order valence-electron chi connectivity index (χ4n) is 5.47. The number of imide groups is 1. The molecule has 2 saturated heterocycles. The van der Waals surface area contributed by atoms with Gasteiger partial charge < -0.3 is 15.5 Å². The Balaban J connectivity index is 1.26. The summed E-state index contributed by atoms with van der Waals surface area (Å²) in [5.74, 6) is -0.729. The van der Waals surface area contributed by atoms with Crippen LogP contribution in [0.4, 0.5) is 0 Å². The highest BCUT2D eigenvalue weighted by atomic mass is 16.2. The van der Waals surface area contributed by atoms with Crippen molar-refractivity contribution in [3.05, 3.63) is 34.9 Å². The molecule has 29 heavy (non-hydrogen) atoms. The van der Waals surface area contributed by atoms with Crippen LogP contribution in [0.3, 0.4) is 0 Å². The van der Waals surface area contributed by atoms with Crippen molar-refractivity contribution >= 4 is 17.7 Å². The van der Waals surface area contributed by atoms with Gasteiger partial charge in [0.1, 0.15) is 6.04 Å². The fraction of sp³-hybridized carbons (Fsp3) is 0.591. The highest BCUT2D eigenvalue weighted by Crippen LogP contribution is 2.45. The lowest BCUT2D eigenvalue weighted by molar-refractivity contribution is -0.136. The lowest BCUT2D eigenvalue weighted by Crippen LogP contribution is -2.58. The molecule has 4 aliphatic rings. The molecule has 154 valence electrons. The molecule has 2 unspecified atom stereocenters. The van der Waals surface area contributed by atoms with E-state index in [2.05, 4.69) is 22.0 Å². The van der Waals surface area contributed by atoms with Crippen molar-refractivity contribution in [2.24, 2.45) is 5.41 Å². The highest BCUT2D eigenvalue weighted by Gasteiger charge is 2.45. The molecule has 3 amide bonds. The Bertz CT molecular complexity index is 864. The van der Waals surface area contributed by atoms with Crippen molar-refractivity contribution in [1.29, 1.82) is 0 Å². The number of piperidine rings is 2. The summed E-state index contributed by atoms with van der Waals surface area (Å²) < 4.78 is 0. The van der Waals surface area contributed by atoms with Gasteiger partial charge in [-0.15, -0.1) is 0 Å². The summed E-state index contributed by atoms with van der Waals surface area (Å²) in [6.07, 6.45) is 5.78. The van der Waals surface area contributed by atoms with E-state index in [4.69, 9.17) is 0 Å². The first-order chi connectivity index (χ1) is 14.1. The molecule has 3 fully saturated rings. The van der Waals surface area contributed by atoms with E-state index in [0.717, 1.165) is 31.6 Å². The maximum atomic E-state index is 12.8. The van der Waals surface area contributed by atoms with Crippen LogP contribution in [-0.2, 0) is 22.7 Å². The van der Waals surface area contributed by atoms with Crippen LogP contribution in [0, 0.1) is 5.41 Å². The zero-order valence-corrected chi connectivity index (χ0v) is 16.6. The van der Waals surface area contributed by atoms with E-state index in [1.165, 1.54) is 24.8 Å². The predicted molar refractivity (Wildman–Crippen MR) is 107 cm³/mol. The largest absolute Gasteiger partial charge is 0.322 e. The van der Waals surface area contributed by atoms with Gasteiger partial charge in [0.2, 0.25) is 11.8 Å². The molecule has 1 aliphatic carbocycles. The number of benzene rings is 1. The number of amides is 3.